The standard InChI is InChI=1S/C25H27BrN4O4S/c1-7-33-24(32)20-14(2)27-25-30(21(20)15-8-10-16(11-9-15)28(3)4)22(31)19(35-25)13-17-12-18(26)23(34-17)29(5)6/h8-13,21H,7H2,1-6H3/b19-13+/t21-/m0/s1. The van der Waals surface area contributed by atoms with Crippen molar-refractivity contribution in [2.45, 2.75) is 19.9 Å². The molecule has 1 aromatic carbocycles. The lowest BCUT2D eigenvalue weighted by Gasteiger charge is -2.25. The minimum atomic E-state index is -0.649. The van der Waals surface area contributed by atoms with Crippen LogP contribution in [-0.4, -0.2) is 45.3 Å². The summed E-state index contributed by atoms with van der Waals surface area (Å²) in [5.41, 5.74) is 2.46. The molecule has 2 aromatic heterocycles. The van der Waals surface area contributed by atoms with Gasteiger partial charge in [0.15, 0.2) is 4.80 Å². The van der Waals surface area contributed by atoms with Gasteiger partial charge in [-0.2, -0.15) is 0 Å². The lowest BCUT2D eigenvalue weighted by Crippen LogP contribution is -2.39. The SMILES string of the molecule is CCOC(=O)C1=C(C)N=c2s/c(=C/c3cc(Br)c(N(C)C)o3)c(=O)n2[C@H]1c1ccc(N(C)C)cc1. The predicted molar refractivity (Wildman–Crippen MR) is 142 cm³/mol. The maximum absolute atomic E-state index is 13.7. The van der Waals surface area contributed by atoms with Gasteiger partial charge < -0.3 is 19.0 Å². The maximum atomic E-state index is 13.7. The number of nitrogens with zero attached hydrogens (tertiary/aromatic N) is 4. The Morgan fingerprint density at radius 2 is 1.91 bits per heavy atom. The van der Waals surface area contributed by atoms with Crippen molar-refractivity contribution in [3.63, 3.8) is 0 Å². The van der Waals surface area contributed by atoms with E-state index in [4.69, 9.17) is 9.15 Å². The third-order valence-corrected chi connectivity index (χ3v) is 7.16. The van der Waals surface area contributed by atoms with Gasteiger partial charge in [-0.1, -0.05) is 23.5 Å². The van der Waals surface area contributed by atoms with Crippen molar-refractivity contribution in [3.8, 4) is 0 Å². The molecule has 0 bridgehead atoms. The first kappa shape index (κ1) is 25.0. The lowest BCUT2D eigenvalue weighted by molar-refractivity contribution is -0.139. The van der Waals surface area contributed by atoms with E-state index in [9.17, 15) is 9.59 Å². The average molecular weight is 559 g/mol. The number of carbonyl (C=O) groups excluding carboxylic acids is 1. The summed E-state index contributed by atoms with van der Waals surface area (Å²) in [6.45, 7) is 3.76. The molecule has 1 aliphatic heterocycles. The van der Waals surface area contributed by atoms with Crippen LogP contribution in [0.4, 0.5) is 11.6 Å². The fraction of sp³-hybridized carbons (Fsp3) is 0.320. The van der Waals surface area contributed by atoms with Crippen molar-refractivity contribution in [3.05, 3.63) is 77.1 Å². The molecule has 1 atom stereocenters. The molecule has 0 spiro atoms. The second kappa shape index (κ2) is 9.87. The molecule has 0 aliphatic carbocycles. The van der Waals surface area contributed by atoms with Crippen LogP contribution in [0.5, 0.6) is 0 Å². The van der Waals surface area contributed by atoms with Gasteiger partial charge in [-0.15, -0.1) is 0 Å². The predicted octanol–water partition coefficient (Wildman–Crippen LogP) is 3.29. The van der Waals surface area contributed by atoms with Crippen LogP contribution in [0.25, 0.3) is 6.08 Å². The Hall–Kier alpha value is -3.11. The molecule has 0 N–H and O–H groups in total. The molecule has 10 heteroatoms. The fourth-order valence-corrected chi connectivity index (χ4v) is 5.63. The molecule has 0 radical (unpaired) electrons. The van der Waals surface area contributed by atoms with Crippen molar-refractivity contribution in [1.29, 1.82) is 0 Å². The number of anilines is 2. The van der Waals surface area contributed by atoms with Crippen molar-refractivity contribution < 1.29 is 13.9 Å². The van der Waals surface area contributed by atoms with E-state index in [2.05, 4.69) is 20.9 Å². The van der Waals surface area contributed by atoms with Crippen LogP contribution >= 0.6 is 27.3 Å². The monoisotopic (exact) mass is 558 g/mol. The Balaban J connectivity index is 1.91. The average Bonchev–Trinajstić information content (AvgIpc) is 3.32. The number of fused-ring (bicyclic) bond motifs is 1. The molecule has 0 saturated heterocycles. The minimum Gasteiger partial charge on any atom is -0.463 e. The summed E-state index contributed by atoms with van der Waals surface area (Å²) in [5.74, 6) is 0.720. The van der Waals surface area contributed by atoms with Crippen molar-refractivity contribution in [2.24, 2.45) is 4.99 Å². The molecule has 0 amide bonds. The maximum Gasteiger partial charge on any atom is 0.338 e. The zero-order valence-corrected chi connectivity index (χ0v) is 22.9. The Bertz CT molecular complexity index is 1480. The van der Waals surface area contributed by atoms with Gasteiger partial charge in [0.2, 0.25) is 5.88 Å². The minimum absolute atomic E-state index is 0.230. The number of halogens is 1. The topological polar surface area (TPSA) is 80.3 Å². The zero-order valence-electron chi connectivity index (χ0n) is 20.5. The molecule has 0 saturated carbocycles. The number of hydrogen-bond donors (Lipinski definition) is 0. The first-order chi connectivity index (χ1) is 16.6. The van der Waals surface area contributed by atoms with E-state index in [1.807, 2.05) is 68.3 Å². The Kier molecular flexibility index (Phi) is 7.05. The Labute approximate surface area is 215 Å². The summed E-state index contributed by atoms with van der Waals surface area (Å²) < 4.78 is 14.1. The third kappa shape index (κ3) is 4.72. The quantitative estimate of drug-likeness (QED) is 0.432. The van der Waals surface area contributed by atoms with Crippen LogP contribution < -0.4 is 24.7 Å². The summed E-state index contributed by atoms with van der Waals surface area (Å²) in [4.78, 5) is 35.6. The van der Waals surface area contributed by atoms with E-state index in [-0.39, 0.29) is 12.2 Å². The van der Waals surface area contributed by atoms with E-state index < -0.39 is 12.0 Å². The van der Waals surface area contributed by atoms with Crippen LogP contribution in [0.3, 0.4) is 0 Å². The molecule has 0 fully saturated rings. The number of furan rings is 1. The number of esters is 1. The van der Waals surface area contributed by atoms with Crippen molar-refractivity contribution in [1.82, 2.24) is 4.57 Å². The van der Waals surface area contributed by atoms with Gasteiger partial charge in [0, 0.05) is 46.0 Å². The van der Waals surface area contributed by atoms with Gasteiger partial charge >= 0.3 is 5.97 Å². The number of aromatic nitrogens is 1. The van der Waals surface area contributed by atoms with E-state index in [1.54, 1.807) is 24.5 Å². The molecule has 0 unspecified atom stereocenters. The number of rotatable bonds is 6. The summed E-state index contributed by atoms with van der Waals surface area (Å²) in [6, 6.07) is 8.97. The second-order valence-corrected chi connectivity index (χ2v) is 10.3. The molecule has 3 aromatic rings. The van der Waals surface area contributed by atoms with E-state index in [1.165, 1.54) is 11.3 Å². The summed E-state index contributed by atoms with van der Waals surface area (Å²) in [7, 11) is 7.67. The largest absolute Gasteiger partial charge is 0.463 e. The normalized spacial score (nSPS) is 15.6. The molecule has 3 heterocycles. The number of hydrogen-bond acceptors (Lipinski definition) is 8. The van der Waals surface area contributed by atoms with Crippen LogP contribution in [0.15, 0.2) is 60.3 Å². The highest BCUT2D eigenvalue weighted by Gasteiger charge is 2.33. The second-order valence-electron chi connectivity index (χ2n) is 8.48. The lowest BCUT2D eigenvalue weighted by atomic mass is 9.95. The highest BCUT2D eigenvalue weighted by molar-refractivity contribution is 9.10. The smallest absolute Gasteiger partial charge is 0.338 e. The molecular weight excluding hydrogens is 532 g/mol. The van der Waals surface area contributed by atoms with Gasteiger partial charge in [0.25, 0.3) is 5.56 Å². The van der Waals surface area contributed by atoms with Crippen molar-refractivity contribution in [2.75, 3.05) is 44.6 Å². The Morgan fingerprint density at radius 3 is 2.49 bits per heavy atom. The number of benzene rings is 1. The summed E-state index contributed by atoms with van der Waals surface area (Å²) in [6.07, 6.45) is 1.71. The summed E-state index contributed by atoms with van der Waals surface area (Å²) >= 11 is 4.76. The van der Waals surface area contributed by atoms with Crippen LogP contribution in [-0.2, 0) is 9.53 Å². The molecule has 35 heavy (non-hydrogen) atoms. The number of carbonyl (C=O) groups is 1. The van der Waals surface area contributed by atoms with Crippen LogP contribution in [0.1, 0.15) is 31.2 Å². The van der Waals surface area contributed by atoms with Crippen molar-refractivity contribution >= 4 is 50.9 Å². The van der Waals surface area contributed by atoms with Gasteiger partial charge in [0.1, 0.15) is 5.76 Å². The number of allylic oxidation sites excluding steroid dienone is 1. The number of ether oxygens (including phenoxy) is 1. The van der Waals surface area contributed by atoms with E-state index in [0.29, 0.717) is 32.2 Å². The first-order valence-corrected chi connectivity index (χ1v) is 12.7. The highest BCUT2D eigenvalue weighted by Crippen LogP contribution is 2.32. The highest BCUT2D eigenvalue weighted by atomic mass is 79.9. The van der Waals surface area contributed by atoms with Gasteiger partial charge in [-0.05, 0) is 47.5 Å². The fourth-order valence-electron chi connectivity index (χ4n) is 3.94. The van der Waals surface area contributed by atoms with Crippen LogP contribution in [0, 0.1) is 0 Å². The molecule has 184 valence electrons. The molecule has 1 aliphatic rings. The zero-order chi connectivity index (χ0) is 25.4. The third-order valence-electron chi connectivity index (χ3n) is 5.61. The van der Waals surface area contributed by atoms with E-state index in [0.717, 1.165) is 15.7 Å². The van der Waals surface area contributed by atoms with Gasteiger partial charge in [-0.25, -0.2) is 9.79 Å². The Morgan fingerprint density at radius 1 is 1.23 bits per heavy atom. The number of thiazole rings is 1. The van der Waals surface area contributed by atoms with E-state index >= 15 is 0 Å². The first-order valence-electron chi connectivity index (χ1n) is 11.1. The van der Waals surface area contributed by atoms with Crippen LogP contribution in [0.2, 0.25) is 0 Å². The van der Waals surface area contributed by atoms with Gasteiger partial charge in [-0.3, -0.25) is 9.36 Å². The molecule has 4 rings (SSSR count). The summed E-state index contributed by atoms with van der Waals surface area (Å²) in [5, 5.41) is 0. The molecular formula is C25H27BrN4O4S. The van der Waals surface area contributed by atoms with Gasteiger partial charge in [0.05, 0.1) is 32.9 Å². The molecule has 8 nitrogen and oxygen atoms in total.